The van der Waals surface area contributed by atoms with Gasteiger partial charge in [0, 0.05) is 24.3 Å². The van der Waals surface area contributed by atoms with Gasteiger partial charge in [-0.15, -0.1) is 0 Å². The van der Waals surface area contributed by atoms with Gasteiger partial charge in [-0.1, -0.05) is 19.8 Å². The second-order valence-corrected chi connectivity index (χ2v) is 4.07. The molecule has 0 aliphatic heterocycles. The Bertz CT molecular complexity index is 344. The molecule has 0 saturated carbocycles. The molecule has 0 aliphatic rings. The SMILES string of the molecule is CCCCC(CN)Nc1ccc(F)c(OC)c1. The van der Waals surface area contributed by atoms with Crippen molar-refractivity contribution in [3.63, 3.8) is 0 Å². The van der Waals surface area contributed by atoms with Crippen LogP contribution in [0.5, 0.6) is 5.75 Å². The molecule has 0 amide bonds. The number of hydrogen-bond acceptors (Lipinski definition) is 3. The van der Waals surface area contributed by atoms with Crippen molar-refractivity contribution in [3.05, 3.63) is 24.0 Å². The Labute approximate surface area is 102 Å². The quantitative estimate of drug-likeness (QED) is 0.770. The van der Waals surface area contributed by atoms with E-state index in [9.17, 15) is 4.39 Å². The van der Waals surface area contributed by atoms with E-state index in [0.29, 0.717) is 6.54 Å². The number of nitrogens with two attached hydrogens (primary N) is 1. The van der Waals surface area contributed by atoms with Crippen molar-refractivity contribution in [1.82, 2.24) is 0 Å². The second-order valence-electron chi connectivity index (χ2n) is 4.07. The van der Waals surface area contributed by atoms with Gasteiger partial charge >= 0.3 is 0 Å². The Hall–Kier alpha value is -1.29. The van der Waals surface area contributed by atoms with E-state index >= 15 is 0 Å². The summed E-state index contributed by atoms with van der Waals surface area (Å²) < 4.78 is 18.2. The molecule has 0 bridgehead atoms. The number of nitrogens with one attached hydrogen (secondary N) is 1. The Morgan fingerprint density at radius 3 is 2.82 bits per heavy atom. The van der Waals surface area contributed by atoms with Gasteiger partial charge in [0.15, 0.2) is 11.6 Å². The molecule has 17 heavy (non-hydrogen) atoms. The van der Waals surface area contributed by atoms with E-state index in [-0.39, 0.29) is 17.6 Å². The van der Waals surface area contributed by atoms with Gasteiger partial charge in [-0.25, -0.2) is 4.39 Å². The van der Waals surface area contributed by atoms with Crippen LogP contribution in [0.4, 0.5) is 10.1 Å². The van der Waals surface area contributed by atoms with Gasteiger partial charge in [0.05, 0.1) is 7.11 Å². The van der Waals surface area contributed by atoms with Crippen LogP contribution < -0.4 is 15.8 Å². The minimum atomic E-state index is -0.351. The fourth-order valence-corrected chi connectivity index (χ4v) is 1.68. The molecule has 0 aliphatic carbocycles. The number of halogens is 1. The van der Waals surface area contributed by atoms with Crippen LogP contribution in [0.15, 0.2) is 18.2 Å². The molecule has 1 unspecified atom stereocenters. The lowest BCUT2D eigenvalue weighted by Gasteiger charge is -2.18. The molecule has 0 heterocycles. The summed E-state index contributed by atoms with van der Waals surface area (Å²) >= 11 is 0. The average Bonchev–Trinajstić information content (AvgIpc) is 2.36. The Balaban J connectivity index is 2.65. The zero-order chi connectivity index (χ0) is 12.7. The zero-order valence-corrected chi connectivity index (χ0v) is 10.5. The van der Waals surface area contributed by atoms with Crippen LogP contribution in [-0.2, 0) is 0 Å². The highest BCUT2D eigenvalue weighted by molar-refractivity contribution is 5.49. The molecule has 0 fully saturated rings. The van der Waals surface area contributed by atoms with Gasteiger partial charge in [0.1, 0.15) is 0 Å². The number of benzene rings is 1. The summed E-state index contributed by atoms with van der Waals surface area (Å²) in [5, 5.41) is 3.29. The first-order chi connectivity index (χ1) is 8.21. The highest BCUT2D eigenvalue weighted by Gasteiger charge is 2.08. The normalized spacial score (nSPS) is 12.2. The second kappa shape index (κ2) is 7.12. The van der Waals surface area contributed by atoms with E-state index in [1.165, 1.54) is 13.2 Å². The number of unbranched alkanes of at least 4 members (excludes halogenated alkanes) is 1. The Morgan fingerprint density at radius 2 is 2.24 bits per heavy atom. The third kappa shape index (κ3) is 4.23. The largest absolute Gasteiger partial charge is 0.494 e. The van der Waals surface area contributed by atoms with Crippen LogP contribution in [0.25, 0.3) is 0 Å². The predicted octanol–water partition coefficient (Wildman–Crippen LogP) is 2.76. The molecule has 96 valence electrons. The van der Waals surface area contributed by atoms with E-state index < -0.39 is 0 Å². The summed E-state index contributed by atoms with van der Waals surface area (Å²) in [6, 6.07) is 4.98. The molecule has 1 aromatic carbocycles. The van der Waals surface area contributed by atoms with Crippen molar-refractivity contribution < 1.29 is 9.13 Å². The first-order valence-electron chi connectivity index (χ1n) is 6.01. The summed E-state index contributed by atoms with van der Waals surface area (Å²) in [6.07, 6.45) is 3.30. The highest BCUT2D eigenvalue weighted by atomic mass is 19.1. The molecule has 0 spiro atoms. The monoisotopic (exact) mass is 240 g/mol. The lowest BCUT2D eigenvalue weighted by atomic mass is 10.1. The number of hydrogen-bond donors (Lipinski definition) is 2. The third-order valence-electron chi connectivity index (χ3n) is 2.71. The minimum absolute atomic E-state index is 0.227. The van der Waals surface area contributed by atoms with Gasteiger partial charge in [-0.3, -0.25) is 0 Å². The van der Waals surface area contributed by atoms with Crippen LogP contribution in [0.1, 0.15) is 26.2 Å². The lowest BCUT2D eigenvalue weighted by Crippen LogP contribution is -2.28. The number of anilines is 1. The molecule has 3 N–H and O–H groups in total. The fraction of sp³-hybridized carbons (Fsp3) is 0.538. The van der Waals surface area contributed by atoms with Crippen LogP contribution in [-0.4, -0.2) is 19.7 Å². The van der Waals surface area contributed by atoms with E-state index in [2.05, 4.69) is 12.2 Å². The van der Waals surface area contributed by atoms with Gasteiger partial charge in [0.25, 0.3) is 0 Å². The van der Waals surface area contributed by atoms with Crippen molar-refractivity contribution in [2.24, 2.45) is 5.73 Å². The molecular weight excluding hydrogens is 219 g/mol. The smallest absolute Gasteiger partial charge is 0.165 e. The Morgan fingerprint density at radius 1 is 1.47 bits per heavy atom. The molecule has 0 radical (unpaired) electrons. The van der Waals surface area contributed by atoms with Gasteiger partial charge in [-0.2, -0.15) is 0 Å². The topological polar surface area (TPSA) is 47.3 Å². The lowest BCUT2D eigenvalue weighted by molar-refractivity contribution is 0.386. The van der Waals surface area contributed by atoms with E-state index in [4.69, 9.17) is 10.5 Å². The first kappa shape index (κ1) is 13.8. The van der Waals surface area contributed by atoms with Gasteiger partial charge < -0.3 is 15.8 Å². The van der Waals surface area contributed by atoms with E-state index in [1.807, 2.05) is 0 Å². The number of ether oxygens (including phenoxy) is 1. The van der Waals surface area contributed by atoms with E-state index in [0.717, 1.165) is 24.9 Å². The molecule has 1 aromatic rings. The molecule has 1 rings (SSSR count). The van der Waals surface area contributed by atoms with Crippen molar-refractivity contribution in [2.45, 2.75) is 32.2 Å². The summed E-state index contributed by atoms with van der Waals surface area (Å²) in [5.41, 5.74) is 6.54. The molecule has 4 heteroatoms. The molecule has 0 aromatic heterocycles. The first-order valence-corrected chi connectivity index (χ1v) is 6.01. The summed E-state index contributed by atoms with van der Waals surface area (Å²) in [7, 11) is 1.46. The van der Waals surface area contributed by atoms with E-state index in [1.54, 1.807) is 12.1 Å². The van der Waals surface area contributed by atoms with Crippen LogP contribution >= 0.6 is 0 Å². The number of rotatable bonds is 7. The van der Waals surface area contributed by atoms with Gasteiger partial charge in [0.2, 0.25) is 0 Å². The van der Waals surface area contributed by atoms with Crippen molar-refractivity contribution in [2.75, 3.05) is 19.0 Å². The molecule has 3 nitrogen and oxygen atoms in total. The minimum Gasteiger partial charge on any atom is -0.494 e. The third-order valence-corrected chi connectivity index (χ3v) is 2.71. The molecule has 1 atom stereocenters. The summed E-state index contributed by atoms with van der Waals surface area (Å²) in [6.45, 7) is 2.72. The van der Waals surface area contributed by atoms with Crippen molar-refractivity contribution >= 4 is 5.69 Å². The predicted molar refractivity (Wildman–Crippen MR) is 68.9 cm³/mol. The van der Waals surface area contributed by atoms with Crippen LogP contribution in [0.2, 0.25) is 0 Å². The average molecular weight is 240 g/mol. The Kier molecular flexibility index (Phi) is 5.77. The van der Waals surface area contributed by atoms with Crippen LogP contribution in [0.3, 0.4) is 0 Å². The van der Waals surface area contributed by atoms with Crippen molar-refractivity contribution in [1.29, 1.82) is 0 Å². The standard InChI is InChI=1S/C13H21FN2O/c1-3-4-5-11(9-15)16-10-6-7-12(14)13(8-10)17-2/h6-8,11,16H,3-5,9,15H2,1-2H3. The molecule has 0 saturated heterocycles. The van der Waals surface area contributed by atoms with Gasteiger partial charge in [-0.05, 0) is 18.6 Å². The maximum Gasteiger partial charge on any atom is 0.165 e. The zero-order valence-electron chi connectivity index (χ0n) is 10.5. The fourth-order valence-electron chi connectivity index (χ4n) is 1.68. The maximum absolute atomic E-state index is 13.2. The summed E-state index contributed by atoms with van der Waals surface area (Å²) in [5.74, 6) is -0.0998. The number of methoxy groups -OCH3 is 1. The summed E-state index contributed by atoms with van der Waals surface area (Å²) in [4.78, 5) is 0. The maximum atomic E-state index is 13.2. The highest BCUT2D eigenvalue weighted by Crippen LogP contribution is 2.22. The van der Waals surface area contributed by atoms with Crippen molar-refractivity contribution in [3.8, 4) is 5.75 Å². The molecular formula is C13H21FN2O. The van der Waals surface area contributed by atoms with Crippen LogP contribution in [0, 0.1) is 5.82 Å².